The molecule has 3 N–H and O–H groups in total. The predicted molar refractivity (Wildman–Crippen MR) is 67.9 cm³/mol. The van der Waals surface area contributed by atoms with E-state index in [4.69, 9.17) is 5.73 Å². The lowest BCUT2D eigenvalue weighted by atomic mass is 10.3. The van der Waals surface area contributed by atoms with Crippen molar-refractivity contribution in [2.75, 3.05) is 10.5 Å². The van der Waals surface area contributed by atoms with Crippen molar-refractivity contribution < 1.29 is 26.0 Å². The molecule has 0 heterocycles. The second-order valence-corrected chi connectivity index (χ2v) is 5.66. The summed E-state index contributed by atoms with van der Waals surface area (Å²) in [6.07, 6.45) is 0. The normalized spacial score (nSPS) is 11.4. The fourth-order valence-corrected chi connectivity index (χ4v) is 2.71. The van der Waals surface area contributed by atoms with E-state index in [0.29, 0.717) is 6.07 Å². The minimum atomic E-state index is -4.68. The lowest BCUT2D eigenvalue weighted by molar-refractivity contribution is 0.551. The first-order valence-corrected chi connectivity index (χ1v) is 6.92. The largest absolute Gasteiger partial charge is 0.396 e. The van der Waals surface area contributed by atoms with E-state index >= 15 is 0 Å². The lowest BCUT2D eigenvalue weighted by Crippen LogP contribution is -2.17. The number of para-hydroxylation sites is 1. The van der Waals surface area contributed by atoms with Crippen molar-refractivity contribution in [3.8, 4) is 0 Å². The molecule has 0 unspecified atom stereocenters. The second-order valence-electron chi connectivity index (χ2n) is 4.01. The summed E-state index contributed by atoms with van der Waals surface area (Å²) < 4.78 is 78.7. The third-order valence-electron chi connectivity index (χ3n) is 2.54. The van der Waals surface area contributed by atoms with Gasteiger partial charge in [0.05, 0.1) is 5.69 Å². The highest BCUT2D eigenvalue weighted by Gasteiger charge is 2.24. The highest BCUT2D eigenvalue weighted by Crippen LogP contribution is 2.25. The molecule has 9 heteroatoms. The molecule has 0 spiro atoms. The van der Waals surface area contributed by atoms with Gasteiger partial charge in [0.2, 0.25) is 0 Å². The third kappa shape index (κ3) is 2.92. The van der Waals surface area contributed by atoms with Crippen LogP contribution in [0.4, 0.5) is 28.9 Å². The van der Waals surface area contributed by atoms with Crippen LogP contribution in [0.25, 0.3) is 0 Å². The first-order chi connectivity index (χ1) is 9.72. The Hall–Kier alpha value is -2.29. The zero-order valence-corrected chi connectivity index (χ0v) is 11.0. The van der Waals surface area contributed by atoms with Crippen LogP contribution in [-0.4, -0.2) is 8.42 Å². The van der Waals surface area contributed by atoms with Gasteiger partial charge in [-0.2, -0.15) is 0 Å². The summed E-state index contributed by atoms with van der Waals surface area (Å²) in [4.78, 5) is -1.02. The van der Waals surface area contributed by atoms with Gasteiger partial charge in [0.15, 0.2) is 0 Å². The van der Waals surface area contributed by atoms with E-state index in [1.165, 1.54) is 0 Å². The highest BCUT2D eigenvalue weighted by molar-refractivity contribution is 7.92. The molecule has 2 aromatic rings. The molecule has 0 bridgehead atoms. The molecule has 0 aliphatic heterocycles. The van der Waals surface area contributed by atoms with E-state index < -0.39 is 49.6 Å². The maximum atomic E-state index is 13.5. The number of anilines is 2. The number of nitrogen functional groups attached to an aromatic ring is 1. The quantitative estimate of drug-likeness (QED) is 0.674. The highest BCUT2D eigenvalue weighted by atomic mass is 32.2. The van der Waals surface area contributed by atoms with Crippen LogP contribution in [0.3, 0.4) is 0 Å². The number of nitrogens with two attached hydrogens (primary N) is 1. The van der Waals surface area contributed by atoms with E-state index in [2.05, 4.69) is 0 Å². The third-order valence-corrected chi connectivity index (χ3v) is 3.90. The Balaban J connectivity index is 2.51. The topological polar surface area (TPSA) is 72.2 Å². The molecular formula is C12H8F4N2O2S. The maximum Gasteiger partial charge on any atom is 0.265 e. The molecule has 21 heavy (non-hydrogen) atoms. The van der Waals surface area contributed by atoms with E-state index in [9.17, 15) is 26.0 Å². The van der Waals surface area contributed by atoms with Gasteiger partial charge in [-0.15, -0.1) is 0 Å². The Kier molecular flexibility index (Phi) is 3.77. The molecule has 2 aromatic carbocycles. The molecule has 0 aliphatic rings. The minimum Gasteiger partial charge on any atom is -0.396 e. The Morgan fingerprint density at radius 3 is 2.05 bits per heavy atom. The molecular weight excluding hydrogens is 312 g/mol. The number of sulfonamides is 1. The Morgan fingerprint density at radius 2 is 1.48 bits per heavy atom. The lowest BCUT2D eigenvalue weighted by Gasteiger charge is -2.11. The van der Waals surface area contributed by atoms with Crippen molar-refractivity contribution >= 4 is 21.4 Å². The van der Waals surface area contributed by atoms with Crippen LogP contribution < -0.4 is 10.5 Å². The van der Waals surface area contributed by atoms with Crippen molar-refractivity contribution in [2.24, 2.45) is 0 Å². The molecule has 0 radical (unpaired) electrons. The van der Waals surface area contributed by atoms with Crippen LogP contribution in [0, 0.1) is 23.3 Å². The van der Waals surface area contributed by atoms with Crippen LogP contribution in [0.5, 0.6) is 0 Å². The van der Waals surface area contributed by atoms with Gasteiger partial charge in [0.1, 0.15) is 33.9 Å². The fourth-order valence-electron chi connectivity index (χ4n) is 1.54. The molecule has 0 saturated heterocycles. The number of halogens is 4. The molecule has 2 rings (SSSR count). The van der Waals surface area contributed by atoms with E-state index in [-0.39, 0.29) is 6.07 Å². The number of hydrogen-bond acceptors (Lipinski definition) is 3. The second kappa shape index (κ2) is 5.24. The Bertz CT molecular complexity index is 789. The van der Waals surface area contributed by atoms with Crippen LogP contribution in [0.1, 0.15) is 0 Å². The molecule has 0 atom stereocenters. The van der Waals surface area contributed by atoms with Gasteiger partial charge in [0, 0.05) is 6.07 Å². The van der Waals surface area contributed by atoms with Gasteiger partial charge in [0.25, 0.3) is 10.0 Å². The first kappa shape index (κ1) is 15.1. The minimum absolute atomic E-state index is 0.265. The smallest absolute Gasteiger partial charge is 0.265 e. The molecule has 0 amide bonds. The molecule has 0 aromatic heterocycles. The molecule has 112 valence electrons. The standard InChI is InChI=1S/C12H8F4N2O2S/c13-6-2-1-3-7(14)12(6)18-21(19,20)11-5-10(17)8(15)4-9(11)16/h1-5,18H,17H2. The van der Waals surface area contributed by atoms with Crippen LogP contribution >= 0.6 is 0 Å². The number of nitrogens with one attached hydrogen (secondary N) is 1. The van der Waals surface area contributed by atoms with Crippen molar-refractivity contribution in [1.82, 2.24) is 0 Å². The SMILES string of the molecule is Nc1cc(S(=O)(=O)Nc2c(F)cccc2F)c(F)cc1F. The van der Waals surface area contributed by atoms with Crippen molar-refractivity contribution in [1.29, 1.82) is 0 Å². The fraction of sp³-hybridized carbons (Fsp3) is 0. The monoisotopic (exact) mass is 320 g/mol. The first-order valence-electron chi connectivity index (χ1n) is 5.43. The van der Waals surface area contributed by atoms with E-state index in [0.717, 1.165) is 18.2 Å². The number of rotatable bonds is 3. The summed E-state index contributed by atoms with van der Waals surface area (Å²) in [5, 5.41) is 0. The Morgan fingerprint density at radius 1 is 0.905 bits per heavy atom. The average molecular weight is 320 g/mol. The van der Waals surface area contributed by atoms with Crippen molar-refractivity contribution in [3.05, 3.63) is 53.6 Å². The number of hydrogen-bond donors (Lipinski definition) is 2. The summed E-state index contributed by atoms with van der Waals surface area (Å²) in [6, 6.07) is 3.44. The van der Waals surface area contributed by atoms with E-state index in [1.807, 2.05) is 0 Å². The van der Waals surface area contributed by atoms with Gasteiger partial charge >= 0.3 is 0 Å². The zero-order chi connectivity index (χ0) is 15.8. The van der Waals surface area contributed by atoms with E-state index in [1.54, 1.807) is 4.72 Å². The maximum absolute atomic E-state index is 13.5. The van der Waals surface area contributed by atoms with Crippen molar-refractivity contribution in [3.63, 3.8) is 0 Å². The van der Waals surface area contributed by atoms with Gasteiger partial charge in [-0.05, 0) is 18.2 Å². The summed E-state index contributed by atoms with van der Waals surface area (Å²) >= 11 is 0. The summed E-state index contributed by atoms with van der Waals surface area (Å²) in [6.45, 7) is 0. The van der Waals surface area contributed by atoms with Gasteiger partial charge in [-0.25, -0.2) is 26.0 Å². The summed E-state index contributed by atoms with van der Waals surface area (Å²) in [5.41, 5.74) is 3.57. The molecule has 0 fully saturated rings. The van der Waals surface area contributed by atoms with Gasteiger partial charge in [-0.1, -0.05) is 6.07 Å². The predicted octanol–water partition coefficient (Wildman–Crippen LogP) is 2.63. The summed E-state index contributed by atoms with van der Waals surface area (Å²) in [5.74, 6) is -4.96. The van der Waals surface area contributed by atoms with Gasteiger partial charge < -0.3 is 5.73 Å². The van der Waals surface area contributed by atoms with Crippen LogP contribution in [0.15, 0.2) is 35.2 Å². The number of benzene rings is 2. The van der Waals surface area contributed by atoms with Crippen LogP contribution in [0.2, 0.25) is 0 Å². The molecule has 4 nitrogen and oxygen atoms in total. The molecule has 0 aliphatic carbocycles. The van der Waals surface area contributed by atoms with Crippen LogP contribution in [-0.2, 0) is 10.0 Å². The average Bonchev–Trinajstić information content (AvgIpc) is 2.38. The zero-order valence-electron chi connectivity index (χ0n) is 10.2. The Labute approximate surface area is 117 Å². The van der Waals surface area contributed by atoms with Gasteiger partial charge in [-0.3, -0.25) is 4.72 Å². The molecule has 0 saturated carbocycles. The van der Waals surface area contributed by atoms with Crippen molar-refractivity contribution in [2.45, 2.75) is 4.90 Å². The summed E-state index contributed by atoms with van der Waals surface area (Å²) in [7, 11) is -4.68.